The summed E-state index contributed by atoms with van der Waals surface area (Å²) in [5.41, 5.74) is 3.11. The van der Waals surface area contributed by atoms with Gasteiger partial charge in [-0.15, -0.1) is 0 Å². The Morgan fingerprint density at radius 1 is 1.25 bits per heavy atom. The van der Waals surface area contributed by atoms with E-state index in [1.54, 1.807) is 12.1 Å². The molecule has 0 saturated carbocycles. The Bertz CT molecular complexity index is 963. The second kappa shape index (κ2) is 8.96. The standard InChI is InChI=1S/C21H18ClN3O2S/c1-13-2-8-16(9-3-13)24-20(27)12-28-21-18(11-23)17(10-19(26)25-21)14-4-6-15(22)7-5-14/h2-9,17H,10,12H2,1H3,(H,24,27)(H,25,26)/t17-/m0/s1. The fourth-order valence-electron chi connectivity index (χ4n) is 2.88. The predicted molar refractivity (Wildman–Crippen MR) is 112 cm³/mol. The molecular formula is C21H18ClN3O2S. The van der Waals surface area contributed by atoms with Crippen LogP contribution in [0.15, 0.2) is 59.1 Å². The Morgan fingerprint density at radius 2 is 1.93 bits per heavy atom. The first-order chi connectivity index (χ1) is 13.5. The third kappa shape index (κ3) is 4.94. The molecule has 0 aromatic heterocycles. The van der Waals surface area contributed by atoms with E-state index in [1.165, 1.54) is 0 Å². The van der Waals surface area contributed by atoms with Gasteiger partial charge in [0, 0.05) is 23.0 Å². The first kappa shape index (κ1) is 20.0. The summed E-state index contributed by atoms with van der Waals surface area (Å²) in [7, 11) is 0. The number of hydrogen-bond donors (Lipinski definition) is 2. The van der Waals surface area contributed by atoms with E-state index in [9.17, 15) is 14.9 Å². The number of hydrogen-bond acceptors (Lipinski definition) is 4. The zero-order chi connectivity index (χ0) is 20.1. The SMILES string of the molecule is Cc1ccc(NC(=O)CSC2=C(C#N)[C@H](c3ccc(Cl)cc3)CC(=O)N2)cc1. The van der Waals surface area contributed by atoms with Crippen LogP contribution >= 0.6 is 23.4 Å². The number of halogens is 1. The van der Waals surface area contributed by atoms with Gasteiger partial charge in [-0.25, -0.2) is 0 Å². The largest absolute Gasteiger partial charge is 0.325 e. The lowest BCUT2D eigenvalue weighted by Gasteiger charge is -2.25. The van der Waals surface area contributed by atoms with Crippen LogP contribution in [0.3, 0.4) is 0 Å². The maximum absolute atomic E-state index is 12.2. The molecule has 5 nitrogen and oxygen atoms in total. The molecule has 3 rings (SSSR count). The molecule has 0 saturated heterocycles. The Labute approximate surface area is 172 Å². The molecule has 0 unspecified atom stereocenters. The molecule has 28 heavy (non-hydrogen) atoms. The summed E-state index contributed by atoms with van der Waals surface area (Å²) in [6.45, 7) is 1.97. The molecule has 142 valence electrons. The van der Waals surface area contributed by atoms with Gasteiger partial charge >= 0.3 is 0 Å². The van der Waals surface area contributed by atoms with Crippen LogP contribution in [-0.4, -0.2) is 17.6 Å². The lowest BCUT2D eigenvalue weighted by Crippen LogP contribution is -2.31. The molecule has 0 aliphatic carbocycles. The van der Waals surface area contributed by atoms with E-state index >= 15 is 0 Å². The van der Waals surface area contributed by atoms with E-state index < -0.39 is 0 Å². The number of benzene rings is 2. The molecule has 1 aliphatic rings. The highest BCUT2D eigenvalue weighted by Gasteiger charge is 2.29. The molecule has 7 heteroatoms. The van der Waals surface area contributed by atoms with Crippen molar-refractivity contribution >= 4 is 40.9 Å². The normalized spacial score (nSPS) is 16.3. The number of allylic oxidation sites excluding steroid dienone is 1. The maximum atomic E-state index is 12.2. The van der Waals surface area contributed by atoms with Gasteiger partial charge in [-0.1, -0.05) is 53.2 Å². The monoisotopic (exact) mass is 411 g/mol. The van der Waals surface area contributed by atoms with Gasteiger partial charge in [-0.05, 0) is 36.8 Å². The first-order valence-corrected chi connectivity index (χ1v) is 10.0. The number of amides is 2. The fourth-order valence-corrected chi connectivity index (χ4v) is 3.89. The average Bonchev–Trinajstić information content (AvgIpc) is 2.68. The Balaban J connectivity index is 1.73. The van der Waals surface area contributed by atoms with E-state index in [4.69, 9.17) is 11.6 Å². The highest BCUT2D eigenvalue weighted by atomic mass is 35.5. The second-order valence-electron chi connectivity index (χ2n) is 6.41. The van der Waals surface area contributed by atoms with E-state index in [2.05, 4.69) is 16.7 Å². The van der Waals surface area contributed by atoms with Crippen LogP contribution in [0.5, 0.6) is 0 Å². The number of carbonyl (C=O) groups is 2. The minimum atomic E-state index is -0.348. The van der Waals surface area contributed by atoms with Crippen molar-refractivity contribution in [2.24, 2.45) is 0 Å². The number of nitrogens with zero attached hydrogens (tertiary/aromatic N) is 1. The summed E-state index contributed by atoms with van der Waals surface area (Å²) in [6.07, 6.45) is 0.185. The van der Waals surface area contributed by atoms with E-state index in [1.807, 2.05) is 43.3 Å². The molecule has 2 aromatic carbocycles. The molecule has 0 fully saturated rings. The lowest BCUT2D eigenvalue weighted by atomic mass is 9.87. The highest BCUT2D eigenvalue weighted by Crippen LogP contribution is 2.36. The van der Waals surface area contributed by atoms with Gasteiger partial charge in [-0.2, -0.15) is 5.26 Å². The van der Waals surface area contributed by atoms with Crippen molar-refractivity contribution in [1.82, 2.24) is 5.32 Å². The first-order valence-electron chi connectivity index (χ1n) is 8.65. The number of carbonyl (C=O) groups excluding carboxylic acids is 2. The third-order valence-electron chi connectivity index (χ3n) is 4.31. The quantitative estimate of drug-likeness (QED) is 0.765. The number of thioether (sulfide) groups is 1. The summed E-state index contributed by atoms with van der Waals surface area (Å²) < 4.78 is 0. The van der Waals surface area contributed by atoms with Crippen LogP contribution in [0.1, 0.15) is 23.5 Å². The molecule has 2 aromatic rings. The molecule has 2 N–H and O–H groups in total. The predicted octanol–water partition coefficient (Wildman–Crippen LogP) is 4.36. The Kier molecular flexibility index (Phi) is 6.40. The van der Waals surface area contributed by atoms with Crippen molar-refractivity contribution in [2.75, 3.05) is 11.1 Å². The molecule has 2 amide bonds. The zero-order valence-electron chi connectivity index (χ0n) is 15.2. The number of rotatable bonds is 5. The molecule has 1 heterocycles. The average molecular weight is 412 g/mol. The Morgan fingerprint density at radius 3 is 2.57 bits per heavy atom. The van der Waals surface area contributed by atoms with E-state index in [-0.39, 0.29) is 29.9 Å². The van der Waals surface area contributed by atoms with Gasteiger partial charge in [0.15, 0.2) is 0 Å². The molecule has 0 bridgehead atoms. The van der Waals surface area contributed by atoms with Crippen molar-refractivity contribution in [2.45, 2.75) is 19.3 Å². The molecular weight excluding hydrogens is 394 g/mol. The number of nitrogens with one attached hydrogen (secondary N) is 2. The van der Waals surface area contributed by atoms with Crippen LogP contribution in [0, 0.1) is 18.3 Å². The van der Waals surface area contributed by atoms with Crippen LogP contribution in [0.2, 0.25) is 5.02 Å². The number of nitriles is 1. The van der Waals surface area contributed by atoms with Crippen LogP contribution in [-0.2, 0) is 9.59 Å². The van der Waals surface area contributed by atoms with Crippen molar-refractivity contribution in [3.8, 4) is 6.07 Å². The maximum Gasteiger partial charge on any atom is 0.234 e. The molecule has 1 atom stereocenters. The lowest BCUT2D eigenvalue weighted by molar-refractivity contribution is -0.121. The smallest absolute Gasteiger partial charge is 0.234 e. The second-order valence-corrected chi connectivity index (χ2v) is 7.84. The summed E-state index contributed by atoms with van der Waals surface area (Å²) in [4.78, 5) is 24.4. The van der Waals surface area contributed by atoms with Crippen LogP contribution < -0.4 is 10.6 Å². The topological polar surface area (TPSA) is 82.0 Å². The molecule has 0 radical (unpaired) electrons. The van der Waals surface area contributed by atoms with Crippen molar-refractivity contribution in [3.05, 3.63) is 75.3 Å². The van der Waals surface area contributed by atoms with E-state index in [0.717, 1.165) is 22.9 Å². The fraction of sp³-hybridized carbons (Fsp3) is 0.190. The van der Waals surface area contributed by atoms with Gasteiger partial charge in [0.25, 0.3) is 0 Å². The third-order valence-corrected chi connectivity index (χ3v) is 5.58. The molecule has 0 spiro atoms. The van der Waals surface area contributed by atoms with Crippen molar-refractivity contribution < 1.29 is 9.59 Å². The summed E-state index contributed by atoms with van der Waals surface area (Å²) in [6, 6.07) is 16.8. The minimum Gasteiger partial charge on any atom is -0.325 e. The summed E-state index contributed by atoms with van der Waals surface area (Å²) in [5.74, 6) is -0.650. The van der Waals surface area contributed by atoms with Crippen LogP contribution in [0.25, 0.3) is 0 Å². The van der Waals surface area contributed by atoms with Crippen molar-refractivity contribution in [1.29, 1.82) is 5.26 Å². The zero-order valence-corrected chi connectivity index (χ0v) is 16.7. The van der Waals surface area contributed by atoms with Crippen LogP contribution in [0.4, 0.5) is 5.69 Å². The van der Waals surface area contributed by atoms with Gasteiger partial charge in [0.1, 0.15) is 0 Å². The van der Waals surface area contributed by atoms with Gasteiger partial charge in [-0.3, -0.25) is 9.59 Å². The number of anilines is 1. The Hall–Kier alpha value is -2.75. The highest BCUT2D eigenvalue weighted by molar-refractivity contribution is 8.03. The van der Waals surface area contributed by atoms with Crippen molar-refractivity contribution in [3.63, 3.8) is 0 Å². The molecule has 1 aliphatic heterocycles. The minimum absolute atomic E-state index is 0.0853. The van der Waals surface area contributed by atoms with E-state index in [0.29, 0.717) is 21.3 Å². The summed E-state index contributed by atoms with van der Waals surface area (Å²) in [5, 5.41) is 16.2. The van der Waals surface area contributed by atoms with Gasteiger partial charge in [0.2, 0.25) is 11.8 Å². The van der Waals surface area contributed by atoms with Gasteiger partial charge in [0.05, 0.1) is 22.4 Å². The number of aryl methyl sites for hydroxylation is 1. The summed E-state index contributed by atoms with van der Waals surface area (Å²) >= 11 is 7.09. The van der Waals surface area contributed by atoms with Gasteiger partial charge < -0.3 is 10.6 Å².